The van der Waals surface area contributed by atoms with Gasteiger partial charge in [0, 0.05) is 31.7 Å². The van der Waals surface area contributed by atoms with Crippen LogP contribution in [0.4, 0.5) is 0 Å². The number of hydrogen-bond donors (Lipinski definition) is 2. The third-order valence-electron chi connectivity index (χ3n) is 4.63. The summed E-state index contributed by atoms with van der Waals surface area (Å²) in [6.07, 6.45) is 5.08. The Labute approximate surface area is 122 Å². The van der Waals surface area contributed by atoms with E-state index < -0.39 is 0 Å². The van der Waals surface area contributed by atoms with Gasteiger partial charge < -0.3 is 11.1 Å². The summed E-state index contributed by atoms with van der Waals surface area (Å²) < 4.78 is 0. The minimum atomic E-state index is -0.0491. The first-order chi connectivity index (χ1) is 9.61. The highest BCUT2D eigenvalue weighted by molar-refractivity contribution is 5.81. The van der Waals surface area contributed by atoms with Gasteiger partial charge in [-0.05, 0) is 39.3 Å². The van der Waals surface area contributed by atoms with Crippen LogP contribution in [0.3, 0.4) is 0 Å². The molecular formula is C15H28N4O. The van der Waals surface area contributed by atoms with Crippen molar-refractivity contribution >= 4 is 5.91 Å². The Morgan fingerprint density at radius 1 is 1.40 bits per heavy atom. The fraction of sp³-hybridized carbons (Fsp3) is 0.800. The Bertz CT molecular complexity index is 339. The molecule has 0 bridgehead atoms. The Morgan fingerprint density at radius 3 is 2.75 bits per heavy atom. The van der Waals surface area contributed by atoms with E-state index in [-0.39, 0.29) is 11.9 Å². The largest absolute Gasteiger partial charge is 0.351 e. The third kappa shape index (κ3) is 3.81. The number of nitrogens with two attached hydrogens (primary N) is 1. The van der Waals surface area contributed by atoms with Gasteiger partial charge in [-0.2, -0.15) is 0 Å². The second-order valence-corrected chi connectivity index (χ2v) is 6.02. The summed E-state index contributed by atoms with van der Waals surface area (Å²) in [7, 11) is 0. The molecule has 2 atom stereocenters. The number of likely N-dealkylation sites (tertiary alicyclic amines) is 2. The van der Waals surface area contributed by atoms with Crippen LogP contribution in [-0.4, -0.2) is 66.6 Å². The molecule has 2 aliphatic heterocycles. The molecule has 0 radical (unpaired) electrons. The van der Waals surface area contributed by atoms with Gasteiger partial charge in [-0.1, -0.05) is 6.08 Å². The fourth-order valence-electron chi connectivity index (χ4n) is 3.19. The van der Waals surface area contributed by atoms with Gasteiger partial charge in [-0.15, -0.1) is 6.58 Å². The van der Waals surface area contributed by atoms with E-state index in [9.17, 15) is 4.79 Å². The summed E-state index contributed by atoms with van der Waals surface area (Å²) in [6.45, 7) is 10.4. The first kappa shape index (κ1) is 15.5. The molecule has 2 rings (SSSR count). The van der Waals surface area contributed by atoms with Crippen molar-refractivity contribution in [2.24, 2.45) is 5.73 Å². The predicted molar refractivity (Wildman–Crippen MR) is 81.4 cm³/mol. The zero-order chi connectivity index (χ0) is 14.5. The van der Waals surface area contributed by atoms with E-state index >= 15 is 0 Å². The molecule has 20 heavy (non-hydrogen) atoms. The normalized spacial score (nSPS) is 27.4. The van der Waals surface area contributed by atoms with Crippen LogP contribution in [0, 0.1) is 0 Å². The minimum Gasteiger partial charge on any atom is -0.351 e. The van der Waals surface area contributed by atoms with Crippen LogP contribution >= 0.6 is 0 Å². The zero-order valence-electron chi connectivity index (χ0n) is 12.6. The number of amides is 1. The molecule has 3 N–H and O–H groups in total. The molecule has 2 saturated heterocycles. The number of carbonyl (C=O) groups excluding carboxylic acids is 1. The van der Waals surface area contributed by atoms with Gasteiger partial charge in [-0.25, -0.2) is 0 Å². The topological polar surface area (TPSA) is 61.6 Å². The lowest BCUT2D eigenvalue weighted by atomic mass is 10.0. The number of piperidine rings is 1. The molecule has 0 spiro atoms. The Balaban J connectivity index is 1.79. The number of carbonyl (C=O) groups is 1. The van der Waals surface area contributed by atoms with E-state index in [1.165, 1.54) is 0 Å². The lowest BCUT2D eigenvalue weighted by Crippen LogP contribution is -2.48. The first-order valence-corrected chi connectivity index (χ1v) is 7.74. The van der Waals surface area contributed by atoms with Gasteiger partial charge in [-0.3, -0.25) is 14.6 Å². The first-order valence-electron chi connectivity index (χ1n) is 7.74. The SMILES string of the molecule is C=CCNC(=O)C(C)N1CCC(N2CCC(N)CC2)C1. The summed E-state index contributed by atoms with van der Waals surface area (Å²) in [5.41, 5.74) is 5.96. The number of nitrogens with one attached hydrogen (secondary N) is 1. The van der Waals surface area contributed by atoms with Crippen LogP contribution in [0.1, 0.15) is 26.2 Å². The molecule has 2 aliphatic rings. The van der Waals surface area contributed by atoms with Crippen molar-refractivity contribution in [3.05, 3.63) is 12.7 Å². The van der Waals surface area contributed by atoms with Crippen molar-refractivity contribution in [3.8, 4) is 0 Å². The predicted octanol–water partition coefficient (Wildman–Crippen LogP) is 0.175. The second-order valence-electron chi connectivity index (χ2n) is 6.02. The maximum atomic E-state index is 12.0. The molecule has 0 aliphatic carbocycles. The van der Waals surface area contributed by atoms with Crippen LogP contribution in [0.25, 0.3) is 0 Å². The molecule has 5 heteroatoms. The maximum Gasteiger partial charge on any atom is 0.237 e. The van der Waals surface area contributed by atoms with Gasteiger partial charge in [0.2, 0.25) is 5.91 Å². The van der Waals surface area contributed by atoms with E-state index in [4.69, 9.17) is 5.73 Å². The Kier molecular flexibility index (Phi) is 5.57. The van der Waals surface area contributed by atoms with Crippen molar-refractivity contribution in [1.82, 2.24) is 15.1 Å². The average Bonchev–Trinajstić information content (AvgIpc) is 2.94. The Morgan fingerprint density at radius 2 is 2.10 bits per heavy atom. The highest BCUT2D eigenvalue weighted by Gasteiger charge is 2.33. The fourth-order valence-corrected chi connectivity index (χ4v) is 3.19. The summed E-state index contributed by atoms with van der Waals surface area (Å²) in [5, 5.41) is 2.88. The van der Waals surface area contributed by atoms with E-state index in [0.717, 1.165) is 45.4 Å². The van der Waals surface area contributed by atoms with Crippen LogP contribution < -0.4 is 11.1 Å². The lowest BCUT2D eigenvalue weighted by Gasteiger charge is -2.35. The van der Waals surface area contributed by atoms with Crippen molar-refractivity contribution in [3.63, 3.8) is 0 Å². The number of rotatable bonds is 5. The summed E-state index contributed by atoms with van der Waals surface area (Å²) in [4.78, 5) is 16.8. The molecule has 114 valence electrons. The molecule has 5 nitrogen and oxygen atoms in total. The molecule has 0 saturated carbocycles. The molecular weight excluding hydrogens is 252 g/mol. The van der Waals surface area contributed by atoms with E-state index in [1.807, 2.05) is 6.92 Å². The van der Waals surface area contributed by atoms with Crippen LogP contribution in [-0.2, 0) is 4.79 Å². The van der Waals surface area contributed by atoms with E-state index in [0.29, 0.717) is 18.6 Å². The molecule has 2 heterocycles. The van der Waals surface area contributed by atoms with E-state index in [1.54, 1.807) is 6.08 Å². The van der Waals surface area contributed by atoms with Crippen LogP contribution in [0.5, 0.6) is 0 Å². The van der Waals surface area contributed by atoms with Crippen LogP contribution in [0.2, 0.25) is 0 Å². The van der Waals surface area contributed by atoms with Gasteiger partial charge in [0.1, 0.15) is 0 Å². The van der Waals surface area contributed by atoms with Crippen molar-refractivity contribution in [2.75, 3.05) is 32.7 Å². The van der Waals surface area contributed by atoms with Crippen molar-refractivity contribution < 1.29 is 4.79 Å². The average molecular weight is 280 g/mol. The molecule has 0 aromatic rings. The summed E-state index contributed by atoms with van der Waals surface area (Å²) in [6, 6.07) is 0.927. The highest BCUT2D eigenvalue weighted by atomic mass is 16.2. The molecule has 2 fully saturated rings. The standard InChI is InChI=1S/C15H28N4O/c1-3-7-17-15(20)12(2)19-10-6-14(11-19)18-8-4-13(16)5-9-18/h3,12-14H,1,4-11,16H2,2H3,(H,17,20). The smallest absolute Gasteiger partial charge is 0.237 e. The number of hydrogen-bond acceptors (Lipinski definition) is 4. The van der Waals surface area contributed by atoms with Gasteiger partial charge in [0.15, 0.2) is 0 Å². The lowest BCUT2D eigenvalue weighted by molar-refractivity contribution is -0.125. The summed E-state index contributed by atoms with van der Waals surface area (Å²) >= 11 is 0. The molecule has 1 amide bonds. The van der Waals surface area contributed by atoms with Gasteiger partial charge in [0.05, 0.1) is 6.04 Å². The third-order valence-corrected chi connectivity index (χ3v) is 4.63. The Hall–Kier alpha value is -0.910. The zero-order valence-corrected chi connectivity index (χ0v) is 12.6. The monoisotopic (exact) mass is 280 g/mol. The quantitative estimate of drug-likeness (QED) is 0.705. The van der Waals surface area contributed by atoms with Gasteiger partial charge >= 0.3 is 0 Å². The highest BCUT2D eigenvalue weighted by Crippen LogP contribution is 2.21. The van der Waals surface area contributed by atoms with Crippen molar-refractivity contribution in [2.45, 2.75) is 44.3 Å². The molecule has 0 aromatic heterocycles. The number of nitrogens with zero attached hydrogens (tertiary/aromatic N) is 2. The molecule has 2 unspecified atom stereocenters. The molecule has 0 aromatic carbocycles. The minimum absolute atomic E-state index is 0.0491. The maximum absolute atomic E-state index is 12.0. The van der Waals surface area contributed by atoms with E-state index in [2.05, 4.69) is 21.7 Å². The second kappa shape index (κ2) is 7.20. The van der Waals surface area contributed by atoms with Gasteiger partial charge in [0.25, 0.3) is 0 Å². The van der Waals surface area contributed by atoms with Crippen molar-refractivity contribution in [1.29, 1.82) is 0 Å². The summed E-state index contributed by atoms with van der Waals surface area (Å²) in [5.74, 6) is 0.103. The van der Waals surface area contributed by atoms with Crippen LogP contribution in [0.15, 0.2) is 12.7 Å².